The molecule has 0 amide bonds. The summed E-state index contributed by atoms with van der Waals surface area (Å²) in [5.74, 6) is 0.850. The first kappa shape index (κ1) is 16.3. The van der Waals surface area contributed by atoms with Crippen LogP contribution in [0.15, 0.2) is 24.3 Å². The second kappa shape index (κ2) is 8.37. The fraction of sp³-hybridized carbons (Fsp3) is 0.647. The van der Waals surface area contributed by atoms with E-state index in [1.54, 1.807) is 0 Å². The highest BCUT2D eigenvalue weighted by molar-refractivity contribution is 5.28. The number of likely N-dealkylation sites (tertiary alicyclic amines) is 1. The van der Waals surface area contributed by atoms with Gasteiger partial charge in [-0.2, -0.15) is 0 Å². The Bertz CT molecular complexity index is 423. The van der Waals surface area contributed by atoms with Gasteiger partial charge in [-0.15, -0.1) is 0 Å². The summed E-state index contributed by atoms with van der Waals surface area (Å²) in [5, 5.41) is 8.82. The molecule has 4 nitrogen and oxygen atoms in total. The van der Waals surface area contributed by atoms with Gasteiger partial charge in [0.05, 0.1) is 6.61 Å². The fourth-order valence-electron chi connectivity index (χ4n) is 2.97. The molecule has 1 aliphatic heterocycles. The summed E-state index contributed by atoms with van der Waals surface area (Å²) in [7, 11) is 4.37. The molecule has 0 aliphatic carbocycles. The molecule has 1 unspecified atom stereocenters. The fourth-order valence-corrected chi connectivity index (χ4v) is 2.97. The van der Waals surface area contributed by atoms with Gasteiger partial charge in [-0.05, 0) is 64.1 Å². The van der Waals surface area contributed by atoms with Crippen LogP contribution < -0.4 is 4.74 Å². The van der Waals surface area contributed by atoms with Crippen LogP contribution in [-0.2, 0) is 6.54 Å². The van der Waals surface area contributed by atoms with Crippen LogP contribution in [0, 0.1) is 0 Å². The van der Waals surface area contributed by atoms with Crippen molar-refractivity contribution in [1.29, 1.82) is 0 Å². The Kier molecular flexibility index (Phi) is 6.49. The van der Waals surface area contributed by atoms with Gasteiger partial charge >= 0.3 is 0 Å². The zero-order chi connectivity index (χ0) is 15.1. The molecular weight excluding hydrogens is 264 g/mol. The van der Waals surface area contributed by atoms with Gasteiger partial charge in [0.1, 0.15) is 12.4 Å². The Morgan fingerprint density at radius 3 is 2.90 bits per heavy atom. The average molecular weight is 292 g/mol. The van der Waals surface area contributed by atoms with Crippen molar-refractivity contribution in [1.82, 2.24) is 9.80 Å². The highest BCUT2D eigenvalue weighted by atomic mass is 16.5. The molecule has 1 saturated heterocycles. The van der Waals surface area contributed by atoms with Gasteiger partial charge < -0.3 is 14.7 Å². The smallest absolute Gasteiger partial charge is 0.119 e. The summed E-state index contributed by atoms with van der Waals surface area (Å²) in [4.78, 5) is 4.89. The minimum Gasteiger partial charge on any atom is -0.491 e. The lowest BCUT2D eigenvalue weighted by Gasteiger charge is -2.23. The number of aliphatic hydroxyl groups excluding tert-OH is 1. The minimum atomic E-state index is 0.0578. The Hall–Kier alpha value is -1.10. The summed E-state index contributed by atoms with van der Waals surface area (Å²) >= 11 is 0. The topological polar surface area (TPSA) is 35.9 Å². The van der Waals surface area contributed by atoms with Gasteiger partial charge in [-0.1, -0.05) is 12.1 Å². The predicted octanol–water partition coefficient (Wildman–Crippen LogP) is 1.97. The van der Waals surface area contributed by atoms with Crippen molar-refractivity contribution >= 4 is 0 Å². The van der Waals surface area contributed by atoms with Crippen LogP contribution in [0.25, 0.3) is 0 Å². The lowest BCUT2D eigenvalue weighted by atomic mass is 10.1. The second-order valence-corrected chi connectivity index (χ2v) is 6.04. The Labute approximate surface area is 128 Å². The Balaban J connectivity index is 1.89. The van der Waals surface area contributed by atoms with E-state index >= 15 is 0 Å². The standard InChI is InChI=1S/C17H28N2O2/c1-18(2)16-6-4-9-19(10-8-16)14-15-5-3-7-17(13-15)21-12-11-20/h3,5,7,13,16,20H,4,6,8-12,14H2,1-2H3. The molecule has 1 aliphatic rings. The molecule has 2 rings (SSSR count). The number of rotatable bonds is 6. The van der Waals surface area contributed by atoms with E-state index in [1.165, 1.54) is 31.4 Å². The summed E-state index contributed by atoms with van der Waals surface area (Å²) in [5.41, 5.74) is 1.29. The van der Waals surface area contributed by atoms with E-state index in [-0.39, 0.29) is 6.61 Å². The zero-order valence-corrected chi connectivity index (χ0v) is 13.3. The molecule has 1 aromatic rings. The van der Waals surface area contributed by atoms with Gasteiger partial charge in [0, 0.05) is 12.6 Å². The van der Waals surface area contributed by atoms with E-state index in [0.29, 0.717) is 12.6 Å². The molecule has 0 radical (unpaired) electrons. The van der Waals surface area contributed by atoms with Crippen LogP contribution in [0.3, 0.4) is 0 Å². The van der Waals surface area contributed by atoms with E-state index in [4.69, 9.17) is 9.84 Å². The van der Waals surface area contributed by atoms with Crippen molar-refractivity contribution < 1.29 is 9.84 Å². The minimum absolute atomic E-state index is 0.0578. The number of aliphatic hydroxyl groups is 1. The summed E-state index contributed by atoms with van der Waals surface area (Å²) in [6.45, 7) is 3.73. The largest absolute Gasteiger partial charge is 0.491 e. The highest BCUT2D eigenvalue weighted by Gasteiger charge is 2.18. The molecule has 0 spiro atoms. The number of hydrogen-bond donors (Lipinski definition) is 1. The Morgan fingerprint density at radius 2 is 2.14 bits per heavy atom. The zero-order valence-electron chi connectivity index (χ0n) is 13.3. The third kappa shape index (κ3) is 5.30. The molecule has 21 heavy (non-hydrogen) atoms. The molecule has 118 valence electrons. The third-order valence-electron chi connectivity index (χ3n) is 4.19. The van der Waals surface area contributed by atoms with Crippen molar-refractivity contribution in [2.24, 2.45) is 0 Å². The maximum atomic E-state index is 8.82. The number of hydrogen-bond acceptors (Lipinski definition) is 4. The summed E-state index contributed by atoms with van der Waals surface area (Å²) in [6, 6.07) is 8.94. The lowest BCUT2D eigenvalue weighted by Crippen LogP contribution is -2.29. The van der Waals surface area contributed by atoms with Crippen LogP contribution >= 0.6 is 0 Å². The van der Waals surface area contributed by atoms with Crippen LogP contribution in [0.1, 0.15) is 24.8 Å². The number of ether oxygens (including phenoxy) is 1. The predicted molar refractivity (Wildman–Crippen MR) is 85.6 cm³/mol. The quantitative estimate of drug-likeness (QED) is 0.869. The molecule has 1 heterocycles. The molecule has 1 atom stereocenters. The Morgan fingerprint density at radius 1 is 1.29 bits per heavy atom. The number of nitrogens with zero attached hydrogens (tertiary/aromatic N) is 2. The van der Waals surface area contributed by atoms with Crippen molar-refractivity contribution in [2.75, 3.05) is 40.4 Å². The molecule has 0 bridgehead atoms. The van der Waals surface area contributed by atoms with Crippen LogP contribution in [0.5, 0.6) is 5.75 Å². The molecule has 1 N–H and O–H groups in total. The molecule has 1 fully saturated rings. The average Bonchev–Trinajstić information content (AvgIpc) is 2.71. The van der Waals surface area contributed by atoms with E-state index in [0.717, 1.165) is 18.8 Å². The first-order valence-electron chi connectivity index (χ1n) is 7.90. The molecule has 1 aromatic carbocycles. The van der Waals surface area contributed by atoms with Crippen LogP contribution in [-0.4, -0.2) is 61.3 Å². The summed E-state index contributed by atoms with van der Waals surface area (Å²) < 4.78 is 5.48. The molecule has 4 heteroatoms. The van der Waals surface area contributed by atoms with Crippen molar-refractivity contribution in [3.63, 3.8) is 0 Å². The molecule has 0 aromatic heterocycles. The highest BCUT2D eigenvalue weighted by Crippen LogP contribution is 2.19. The molecule has 0 saturated carbocycles. The van der Waals surface area contributed by atoms with Gasteiger partial charge in [-0.3, -0.25) is 4.90 Å². The monoisotopic (exact) mass is 292 g/mol. The number of benzene rings is 1. The first-order chi connectivity index (χ1) is 10.2. The van der Waals surface area contributed by atoms with Crippen LogP contribution in [0.4, 0.5) is 0 Å². The summed E-state index contributed by atoms with van der Waals surface area (Å²) in [6.07, 6.45) is 3.81. The van der Waals surface area contributed by atoms with E-state index in [9.17, 15) is 0 Å². The maximum Gasteiger partial charge on any atom is 0.119 e. The second-order valence-electron chi connectivity index (χ2n) is 6.04. The lowest BCUT2D eigenvalue weighted by molar-refractivity contribution is 0.201. The van der Waals surface area contributed by atoms with E-state index in [2.05, 4.69) is 36.0 Å². The van der Waals surface area contributed by atoms with Crippen molar-refractivity contribution in [2.45, 2.75) is 31.8 Å². The maximum absolute atomic E-state index is 8.82. The first-order valence-corrected chi connectivity index (χ1v) is 7.90. The van der Waals surface area contributed by atoms with Crippen molar-refractivity contribution in [3.8, 4) is 5.75 Å². The molecular formula is C17H28N2O2. The third-order valence-corrected chi connectivity index (χ3v) is 4.19. The van der Waals surface area contributed by atoms with Crippen molar-refractivity contribution in [3.05, 3.63) is 29.8 Å². The van der Waals surface area contributed by atoms with Gasteiger partial charge in [0.2, 0.25) is 0 Å². The van der Waals surface area contributed by atoms with Gasteiger partial charge in [0.25, 0.3) is 0 Å². The van der Waals surface area contributed by atoms with Gasteiger partial charge in [0.15, 0.2) is 0 Å². The SMILES string of the molecule is CN(C)C1CCCN(Cc2cccc(OCCO)c2)CC1. The van der Waals surface area contributed by atoms with Crippen LogP contribution in [0.2, 0.25) is 0 Å². The normalized spacial score (nSPS) is 20.5. The van der Waals surface area contributed by atoms with E-state index < -0.39 is 0 Å². The van der Waals surface area contributed by atoms with Gasteiger partial charge in [-0.25, -0.2) is 0 Å². The van der Waals surface area contributed by atoms with E-state index in [1.807, 2.05) is 12.1 Å².